The third kappa shape index (κ3) is 5.26. The van der Waals surface area contributed by atoms with Crippen LogP contribution in [0.3, 0.4) is 0 Å². The molecule has 0 bridgehead atoms. The van der Waals surface area contributed by atoms with E-state index in [2.05, 4.69) is 34.6 Å². The van der Waals surface area contributed by atoms with Gasteiger partial charge in [-0.15, -0.1) is 0 Å². The van der Waals surface area contributed by atoms with Crippen LogP contribution in [0.5, 0.6) is 5.75 Å². The Morgan fingerprint density at radius 1 is 0.932 bits per heavy atom. The molecule has 1 aromatic carbocycles. The third-order valence-corrected chi connectivity index (χ3v) is 9.65. The number of hydrogen-bond acceptors (Lipinski definition) is 6. The second kappa shape index (κ2) is 11.6. The van der Waals surface area contributed by atoms with E-state index in [1.54, 1.807) is 9.80 Å². The van der Waals surface area contributed by atoms with Crippen molar-refractivity contribution in [3.63, 3.8) is 0 Å². The van der Waals surface area contributed by atoms with Crippen molar-refractivity contribution in [1.82, 2.24) is 9.80 Å². The Kier molecular flexibility index (Phi) is 8.53. The molecule has 0 aromatic heterocycles. The Morgan fingerprint density at radius 2 is 1.61 bits per heavy atom. The molecule has 4 heterocycles. The summed E-state index contributed by atoms with van der Waals surface area (Å²) >= 11 is 0. The van der Waals surface area contributed by atoms with Crippen LogP contribution in [0.1, 0.15) is 67.7 Å². The minimum atomic E-state index is -1.32. The van der Waals surface area contributed by atoms with Crippen LogP contribution in [0.15, 0.2) is 48.6 Å². The first-order chi connectivity index (χ1) is 20.7. The van der Waals surface area contributed by atoms with Gasteiger partial charge >= 0.3 is 0 Å². The fourth-order valence-electron chi connectivity index (χ4n) is 8.30. The predicted molar refractivity (Wildman–Crippen MR) is 169 cm³/mol. The highest BCUT2D eigenvalue weighted by Crippen LogP contribution is 2.59. The number of benzene rings is 1. The standard InChI is InChI=1S/C35H49N3O6/c1-8-34-17-10-19-36(24-13-15-25(16-14-24)43-9-2)29(40)26(34)27-30(41)37(20-12-22-39)28-31(42)38(21-11-18-35(27,28)44-34)33(6,7)23-32(3,4)5/h10-11,13-18,26-28,39H,8-9,12,19-23H2,1-7H3/t26-,27+,28?,34+,35+/m1/s1. The fraction of sp³-hybridized carbons (Fsp3) is 0.629. The van der Waals surface area contributed by atoms with E-state index in [9.17, 15) is 19.5 Å². The van der Waals surface area contributed by atoms with E-state index in [0.717, 1.165) is 12.2 Å². The van der Waals surface area contributed by atoms with Crippen molar-refractivity contribution in [2.45, 2.75) is 90.5 Å². The van der Waals surface area contributed by atoms with Gasteiger partial charge in [0.2, 0.25) is 17.7 Å². The van der Waals surface area contributed by atoms with Crippen LogP contribution in [0.4, 0.5) is 5.69 Å². The van der Waals surface area contributed by atoms with Crippen molar-refractivity contribution in [3.05, 3.63) is 48.6 Å². The molecule has 0 aliphatic carbocycles. The second-order valence-electron chi connectivity index (χ2n) is 14.4. The molecule has 1 unspecified atom stereocenters. The lowest BCUT2D eigenvalue weighted by Crippen LogP contribution is -2.60. The van der Waals surface area contributed by atoms with E-state index in [4.69, 9.17) is 9.47 Å². The number of ether oxygens (including phenoxy) is 2. The first-order valence-electron chi connectivity index (χ1n) is 16.1. The number of rotatable bonds is 9. The highest BCUT2D eigenvalue weighted by atomic mass is 16.5. The van der Waals surface area contributed by atoms with Gasteiger partial charge in [0.15, 0.2) is 0 Å². The molecule has 240 valence electrons. The average Bonchev–Trinajstić information content (AvgIpc) is 3.23. The van der Waals surface area contributed by atoms with E-state index in [1.807, 2.05) is 67.3 Å². The Bertz CT molecular complexity index is 1330. The molecule has 0 saturated carbocycles. The van der Waals surface area contributed by atoms with Gasteiger partial charge in [-0.3, -0.25) is 14.4 Å². The summed E-state index contributed by atoms with van der Waals surface area (Å²) in [5.74, 6) is -1.66. The second-order valence-corrected chi connectivity index (χ2v) is 14.4. The van der Waals surface area contributed by atoms with Crippen molar-refractivity contribution in [1.29, 1.82) is 0 Å². The van der Waals surface area contributed by atoms with Crippen molar-refractivity contribution in [2.75, 3.05) is 37.7 Å². The topological polar surface area (TPSA) is 99.6 Å². The lowest BCUT2D eigenvalue weighted by molar-refractivity contribution is -0.156. The van der Waals surface area contributed by atoms with Gasteiger partial charge < -0.3 is 29.3 Å². The minimum absolute atomic E-state index is 0.0348. The molecule has 2 fully saturated rings. The lowest BCUT2D eigenvalue weighted by Gasteiger charge is -2.45. The van der Waals surface area contributed by atoms with Gasteiger partial charge in [-0.1, -0.05) is 52.0 Å². The number of amides is 3. The summed E-state index contributed by atoms with van der Waals surface area (Å²) in [5, 5.41) is 9.74. The molecule has 5 rings (SSSR count). The van der Waals surface area contributed by atoms with Gasteiger partial charge in [0.05, 0.1) is 24.0 Å². The summed E-state index contributed by atoms with van der Waals surface area (Å²) in [6.45, 7) is 15.8. The third-order valence-electron chi connectivity index (χ3n) is 9.65. The first kappa shape index (κ1) is 32.2. The summed E-state index contributed by atoms with van der Waals surface area (Å²) in [4.78, 5) is 49.2. The van der Waals surface area contributed by atoms with Crippen LogP contribution in [-0.2, 0) is 19.1 Å². The quantitative estimate of drug-likeness (QED) is 0.420. The molecule has 2 saturated heterocycles. The molecule has 3 amide bonds. The molecular formula is C35H49N3O6. The SMILES string of the molecule is CCOc1ccc(N2CC=C[C@]3(CC)O[C@]45C=CCN(C(C)(C)CC(C)(C)C)C(=O)C4N(CCCO)C(=O)[C@@H]5[C@@H]3C2=O)cc1. The van der Waals surface area contributed by atoms with Crippen LogP contribution in [0.25, 0.3) is 0 Å². The fourth-order valence-corrected chi connectivity index (χ4v) is 8.30. The Hall–Kier alpha value is -3.17. The number of anilines is 1. The monoisotopic (exact) mass is 607 g/mol. The van der Waals surface area contributed by atoms with Crippen LogP contribution in [0, 0.1) is 17.3 Å². The number of carbonyl (C=O) groups excluding carboxylic acids is 3. The zero-order valence-corrected chi connectivity index (χ0v) is 27.3. The first-order valence-corrected chi connectivity index (χ1v) is 16.1. The maximum absolute atomic E-state index is 14.8. The molecular weight excluding hydrogens is 558 g/mol. The predicted octanol–water partition coefficient (Wildman–Crippen LogP) is 4.34. The van der Waals surface area contributed by atoms with E-state index in [1.165, 1.54) is 0 Å². The van der Waals surface area contributed by atoms with Crippen LogP contribution in [-0.4, -0.2) is 88.3 Å². The van der Waals surface area contributed by atoms with Crippen LogP contribution in [0.2, 0.25) is 0 Å². The highest BCUT2D eigenvalue weighted by Gasteiger charge is 2.75. The van der Waals surface area contributed by atoms with E-state index in [0.29, 0.717) is 38.2 Å². The summed E-state index contributed by atoms with van der Waals surface area (Å²) in [5.41, 5.74) is -2.20. The Labute approximate surface area is 261 Å². The van der Waals surface area contributed by atoms with Gasteiger partial charge in [0.25, 0.3) is 0 Å². The zero-order valence-electron chi connectivity index (χ0n) is 27.3. The molecule has 1 spiro atoms. The molecule has 1 N–H and O–H groups in total. The Balaban J connectivity index is 1.60. The van der Waals surface area contributed by atoms with E-state index in [-0.39, 0.29) is 36.3 Å². The molecule has 5 atom stereocenters. The molecule has 4 aliphatic heterocycles. The minimum Gasteiger partial charge on any atom is -0.494 e. The van der Waals surface area contributed by atoms with Crippen molar-refractivity contribution < 1.29 is 29.0 Å². The van der Waals surface area contributed by atoms with Crippen LogP contribution < -0.4 is 9.64 Å². The molecule has 4 aliphatic rings. The number of likely N-dealkylation sites (tertiary alicyclic amines) is 1. The molecule has 9 heteroatoms. The van der Waals surface area contributed by atoms with Gasteiger partial charge in [-0.05, 0) is 69.7 Å². The van der Waals surface area contributed by atoms with Gasteiger partial charge in [0, 0.05) is 37.5 Å². The number of aliphatic hydroxyl groups excluding tert-OH is 1. The molecule has 1 aromatic rings. The van der Waals surface area contributed by atoms with Crippen molar-refractivity contribution in [2.24, 2.45) is 17.3 Å². The summed E-state index contributed by atoms with van der Waals surface area (Å²) in [6.07, 6.45) is 9.29. The number of aliphatic hydroxyl groups is 1. The largest absolute Gasteiger partial charge is 0.494 e. The maximum Gasteiger partial charge on any atom is 0.249 e. The van der Waals surface area contributed by atoms with E-state index < -0.39 is 34.6 Å². The van der Waals surface area contributed by atoms with Crippen molar-refractivity contribution >= 4 is 23.4 Å². The van der Waals surface area contributed by atoms with Gasteiger partial charge in [0.1, 0.15) is 17.4 Å². The normalized spacial score (nSPS) is 30.3. The molecule has 9 nitrogen and oxygen atoms in total. The number of fused-ring (bicyclic) bond motifs is 2. The molecule has 0 radical (unpaired) electrons. The average molecular weight is 608 g/mol. The lowest BCUT2D eigenvalue weighted by atomic mass is 9.72. The number of nitrogens with zero attached hydrogens (tertiary/aromatic N) is 3. The Morgan fingerprint density at radius 3 is 2.23 bits per heavy atom. The van der Waals surface area contributed by atoms with Gasteiger partial charge in [-0.2, -0.15) is 0 Å². The van der Waals surface area contributed by atoms with Crippen molar-refractivity contribution in [3.8, 4) is 5.75 Å². The van der Waals surface area contributed by atoms with E-state index >= 15 is 0 Å². The van der Waals surface area contributed by atoms with Crippen LogP contribution >= 0.6 is 0 Å². The zero-order chi connectivity index (χ0) is 32.1. The molecule has 44 heavy (non-hydrogen) atoms. The summed E-state index contributed by atoms with van der Waals surface area (Å²) < 4.78 is 12.7. The summed E-state index contributed by atoms with van der Waals surface area (Å²) in [6, 6.07) is 6.46. The van der Waals surface area contributed by atoms with Gasteiger partial charge in [-0.25, -0.2) is 0 Å². The highest BCUT2D eigenvalue weighted by molar-refractivity contribution is 6.04. The number of hydrogen-bond donors (Lipinski definition) is 1. The summed E-state index contributed by atoms with van der Waals surface area (Å²) in [7, 11) is 0. The number of carbonyl (C=O) groups is 3. The maximum atomic E-state index is 14.8. The smallest absolute Gasteiger partial charge is 0.249 e.